The molecule has 0 aliphatic carbocycles. The fraction of sp³-hybridized carbons (Fsp3) is 0.0909. The maximum atomic E-state index is 10.9. The van der Waals surface area contributed by atoms with Crippen LogP contribution in [0.25, 0.3) is 0 Å². The summed E-state index contributed by atoms with van der Waals surface area (Å²) in [5.74, 6) is 0. The molecule has 4 heteroatoms. The number of hydrogen-bond donors (Lipinski definition) is 0. The van der Waals surface area contributed by atoms with Crippen LogP contribution in [0.1, 0.15) is 5.56 Å². The zero-order valence-corrected chi connectivity index (χ0v) is 9.52. The summed E-state index contributed by atoms with van der Waals surface area (Å²) in [6, 6.07) is 5.10. The molecular weight excluding hydrogens is 256 g/mol. The van der Waals surface area contributed by atoms with Gasteiger partial charge in [-0.05, 0) is 27.6 Å². The number of rotatable bonds is 2. The molecule has 3 nitrogen and oxygen atoms in total. The average Bonchev–Trinajstić information content (AvgIpc) is 2.22. The first-order valence-corrected chi connectivity index (χ1v) is 5.29. The van der Waals surface area contributed by atoms with E-state index in [0.717, 1.165) is 10.0 Å². The third kappa shape index (κ3) is 2.76. The molecule has 2 aromatic heterocycles. The van der Waals surface area contributed by atoms with Gasteiger partial charge in [-0.15, -0.1) is 0 Å². The zero-order valence-electron chi connectivity index (χ0n) is 7.93. The van der Waals surface area contributed by atoms with Gasteiger partial charge >= 0.3 is 0 Å². The topological polar surface area (TPSA) is 34.9 Å². The molecule has 0 N–H and O–H groups in total. The van der Waals surface area contributed by atoms with Crippen molar-refractivity contribution >= 4 is 15.9 Å². The summed E-state index contributed by atoms with van der Waals surface area (Å²) in [7, 11) is 0. The SMILES string of the molecule is O=c1ccn(Cc2cncc(Br)c2)cc1. The predicted molar refractivity (Wildman–Crippen MR) is 61.7 cm³/mol. The summed E-state index contributed by atoms with van der Waals surface area (Å²) >= 11 is 3.37. The third-order valence-electron chi connectivity index (χ3n) is 1.99. The standard InChI is InChI=1S/C11H9BrN2O/c12-10-5-9(6-13-7-10)8-14-3-1-11(15)2-4-14/h1-7H,8H2. The van der Waals surface area contributed by atoms with Crippen molar-refractivity contribution in [2.24, 2.45) is 0 Å². The van der Waals surface area contributed by atoms with Crippen molar-refractivity contribution in [2.75, 3.05) is 0 Å². The Morgan fingerprint density at radius 3 is 2.67 bits per heavy atom. The van der Waals surface area contributed by atoms with E-state index in [-0.39, 0.29) is 5.43 Å². The maximum Gasteiger partial charge on any atom is 0.181 e. The Balaban J connectivity index is 2.22. The van der Waals surface area contributed by atoms with Gasteiger partial charge in [0, 0.05) is 47.9 Å². The van der Waals surface area contributed by atoms with Gasteiger partial charge in [0.25, 0.3) is 0 Å². The van der Waals surface area contributed by atoms with Crippen molar-refractivity contribution < 1.29 is 0 Å². The van der Waals surface area contributed by atoms with Crippen LogP contribution in [-0.2, 0) is 6.54 Å². The molecule has 0 atom stereocenters. The van der Waals surface area contributed by atoms with Crippen LogP contribution < -0.4 is 5.43 Å². The van der Waals surface area contributed by atoms with Crippen molar-refractivity contribution in [1.82, 2.24) is 9.55 Å². The van der Waals surface area contributed by atoms with E-state index in [1.165, 1.54) is 0 Å². The Morgan fingerprint density at radius 1 is 1.27 bits per heavy atom. The summed E-state index contributed by atoms with van der Waals surface area (Å²) in [6.07, 6.45) is 7.09. The molecule has 0 unspecified atom stereocenters. The summed E-state index contributed by atoms with van der Waals surface area (Å²) in [4.78, 5) is 15.0. The second-order valence-corrected chi connectivity index (χ2v) is 4.13. The van der Waals surface area contributed by atoms with Crippen molar-refractivity contribution in [3.05, 3.63) is 63.2 Å². The normalized spacial score (nSPS) is 10.2. The average molecular weight is 265 g/mol. The number of nitrogens with zero attached hydrogens (tertiary/aromatic N) is 2. The zero-order chi connectivity index (χ0) is 10.7. The van der Waals surface area contributed by atoms with E-state index >= 15 is 0 Å². The van der Waals surface area contributed by atoms with Crippen LogP contribution in [0.2, 0.25) is 0 Å². The Bertz CT molecular complexity index is 501. The number of pyridine rings is 2. The Morgan fingerprint density at radius 2 is 2.00 bits per heavy atom. The van der Waals surface area contributed by atoms with Gasteiger partial charge in [0.05, 0.1) is 0 Å². The van der Waals surface area contributed by atoms with Gasteiger partial charge in [-0.2, -0.15) is 0 Å². The van der Waals surface area contributed by atoms with Crippen LogP contribution >= 0.6 is 15.9 Å². The quantitative estimate of drug-likeness (QED) is 0.833. The molecule has 0 aromatic carbocycles. The van der Waals surface area contributed by atoms with E-state index < -0.39 is 0 Å². The first-order valence-electron chi connectivity index (χ1n) is 4.49. The van der Waals surface area contributed by atoms with Gasteiger partial charge < -0.3 is 4.57 Å². The molecule has 0 aliphatic heterocycles. The largest absolute Gasteiger partial charge is 0.350 e. The van der Waals surface area contributed by atoms with Crippen LogP contribution in [-0.4, -0.2) is 9.55 Å². The summed E-state index contributed by atoms with van der Waals surface area (Å²) in [5.41, 5.74) is 1.12. The molecule has 0 aliphatic rings. The molecule has 0 saturated heterocycles. The van der Waals surface area contributed by atoms with Crippen molar-refractivity contribution in [1.29, 1.82) is 0 Å². The van der Waals surface area contributed by atoms with Gasteiger partial charge in [-0.1, -0.05) is 0 Å². The highest BCUT2D eigenvalue weighted by molar-refractivity contribution is 9.10. The molecule has 0 fully saturated rings. The second kappa shape index (κ2) is 4.40. The molecule has 15 heavy (non-hydrogen) atoms. The van der Waals surface area contributed by atoms with E-state index in [9.17, 15) is 4.79 Å². The minimum atomic E-state index is 0.0265. The Labute approximate surface area is 95.5 Å². The van der Waals surface area contributed by atoms with Crippen LogP contribution in [0.3, 0.4) is 0 Å². The minimum absolute atomic E-state index is 0.0265. The van der Waals surface area contributed by atoms with Gasteiger partial charge in [-0.3, -0.25) is 9.78 Å². The second-order valence-electron chi connectivity index (χ2n) is 3.22. The molecule has 0 spiro atoms. The van der Waals surface area contributed by atoms with Crippen LogP contribution in [0.5, 0.6) is 0 Å². The molecule has 2 rings (SSSR count). The fourth-order valence-corrected chi connectivity index (χ4v) is 1.71. The summed E-state index contributed by atoms with van der Waals surface area (Å²) in [6.45, 7) is 0.715. The van der Waals surface area contributed by atoms with Gasteiger partial charge in [-0.25, -0.2) is 0 Å². The van der Waals surface area contributed by atoms with E-state index in [2.05, 4.69) is 20.9 Å². The van der Waals surface area contributed by atoms with Gasteiger partial charge in [0.15, 0.2) is 5.43 Å². The smallest absolute Gasteiger partial charge is 0.181 e. The summed E-state index contributed by atoms with van der Waals surface area (Å²) < 4.78 is 2.89. The highest BCUT2D eigenvalue weighted by Crippen LogP contribution is 2.10. The molecule has 76 valence electrons. The lowest BCUT2D eigenvalue weighted by Crippen LogP contribution is -2.04. The maximum absolute atomic E-state index is 10.9. The lowest BCUT2D eigenvalue weighted by Gasteiger charge is -2.05. The first kappa shape index (κ1) is 10.1. The monoisotopic (exact) mass is 264 g/mol. The van der Waals surface area contributed by atoms with Crippen LogP contribution in [0.4, 0.5) is 0 Å². The van der Waals surface area contributed by atoms with E-state index in [1.807, 2.05) is 16.8 Å². The lowest BCUT2D eigenvalue weighted by atomic mass is 10.3. The number of aromatic nitrogens is 2. The number of halogens is 1. The van der Waals surface area contributed by atoms with Crippen molar-refractivity contribution in [3.63, 3.8) is 0 Å². The predicted octanol–water partition coefficient (Wildman–Crippen LogP) is 2.05. The Kier molecular flexibility index (Phi) is 2.97. The molecule has 0 radical (unpaired) electrons. The van der Waals surface area contributed by atoms with Crippen LogP contribution in [0, 0.1) is 0 Å². The fourth-order valence-electron chi connectivity index (χ4n) is 1.30. The molecule has 2 aromatic rings. The summed E-state index contributed by atoms with van der Waals surface area (Å²) in [5, 5.41) is 0. The first-order chi connectivity index (χ1) is 7.24. The molecular formula is C11H9BrN2O. The van der Waals surface area contributed by atoms with Crippen LogP contribution in [0.15, 0.2) is 52.3 Å². The Hall–Kier alpha value is -1.42. The van der Waals surface area contributed by atoms with Crippen molar-refractivity contribution in [2.45, 2.75) is 6.54 Å². The van der Waals surface area contributed by atoms with E-state index in [4.69, 9.17) is 0 Å². The lowest BCUT2D eigenvalue weighted by molar-refractivity contribution is 0.784. The highest BCUT2D eigenvalue weighted by atomic mass is 79.9. The van der Waals surface area contributed by atoms with Gasteiger partial charge in [0.1, 0.15) is 0 Å². The minimum Gasteiger partial charge on any atom is -0.350 e. The third-order valence-corrected chi connectivity index (χ3v) is 2.42. The molecule has 0 saturated carbocycles. The van der Waals surface area contributed by atoms with E-state index in [1.54, 1.807) is 30.7 Å². The van der Waals surface area contributed by atoms with E-state index in [0.29, 0.717) is 6.54 Å². The van der Waals surface area contributed by atoms with Gasteiger partial charge in [0.2, 0.25) is 0 Å². The molecule has 0 amide bonds. The number of hydrogen-bond acceptors (Lipinski definition) is 2. The molecule has 0 bridgehead atoms. The highest BCUT2D eigenvalue weighted by Gasteiger charge is 1.95. The van der Waals surface area contributed by atoms with Crippen molar-refractivity contribution in [3.8, 4) is 0 Å². The molecule has 2 heterocycles.